The van der Waals surface area contributed by atoms with Crippen LogP contribution in [-0.2, 0) is 14.9 Å². The van der Waals surface area contributed by atoms with E-state index in [1.54, 1.807) is 0 Å². The van der Waals surface area contributed by atoms with E-state index < -0.39 is 10.1 Å². The fraction of sp³-hybridized carbons (Fsp3) is 1.00. The molecule has 0 unspecified atom stereocenters. The van der Waals surface area contributed by atoms with E-state index in [4.69, 9.17) is 9.29 Å². The van der Waals surface area contributed by atoms with Gasteiger partial charge in [0.1, 0.15) is 0 Å². The molecule has 82 valence electrons. The number of ether oxygens (including phenoxy) is 1. The van der Waals surface area contributed by atoms with Crippen LogP contribution in [0.3, 0.4) is 0 Å². The van der Waals surface area contributed by atoms with Gasteiger partial charge >= 0.3 is 29.6 Å². The summed E-state index contributed by atoms with van der Waals surface area (Å²) in [4.78, 5) is 0. The minimum atomic E-state index is -3.78. The van der Waals surface area contributed by atoms with Crippen LogP contribution < -0.4 is 0 Å². The molecule has 0 radical (unpaired) electrons. The Morgan fingerprint density at radius 3 is 2.21 bits per heavy atom. The van der Waals surface area contributed by atoms with E-state index in [0.29, 0.717) is 19.4 Å². The third-order valence-electron chi connectivity index (χ3n) is 1.58. The molecule has 0 saturated heterocycles. The van der Waals surface area contributed by atoms with Gasteiger partial charge in [0.25, 0.3) is 10.1 Å². The average Bonchev–Trinajstić information content (AvgIpc) is 2.01. The van der Waals surface area contributed by atoms with Crippen molar-refractivity contribution in [2.24, 2.45) is 0 Å². The van der Waals surface area contributed by atoms with E-state index in [2.05, 4.69) is 6.92 Å². The zero-order valence-corrected chi connectivity index (χ0v) is 8.85. The molecular weight excluding hydrogens is 215 g/mol. The van der Waals surface area contributed by atoms with Crippen molar-refractivity contribution in [3.63, 3.8) is 0 Å². The van der Waals surface area contributed by atoms with E-state index in [1.165, 1.54) is 0 Å². The van der Waals surface area contributed by atoms with Gasteiger partial charge in [-0.05, 0) is 19.3 Å². The van der Waals surface area contributed by atoms with Gasteiger partial charge in [-0.1, -0.05) is 13.3 Å². The third kappa shape index (κ3) is 15.3. The first kappa shape index (κ1) is 17.3. The van der Waals surface area contributed by atoms with Crippen molar-refractivity contribution in [1.29, 1.82) is 0 Å². The van der Waals surface area contributed by atoms with Gasteiger partial charge in [-0.3, -0.25) is 4.55 Å². The normalized spacial score (nSPS) is 11.0. The van der Waals surface area contributed by atoms with Crippen molar-refractivity contribution in [3.8, 4) is 0 Å². The van der Waals surface area contributed by atoms with Crippen molar-refractivity contribution in [3.05, 3.63) is 0 Å². The molecule has 0 amide bonds. The summed E-state index contributed by atoms with van der Waals surface area (Å²) in [7, 11) is -3.78. The molecule has 6 heteroatoms. The predicted molar refractivity (Wildman–Crippen MR) is 58.5 cm³/mol. The molecule has 0 aliphatic heterocycles. The molecule has 14 heavy (non-hydrogen) atoms. The van der Waals surface area contributed by atoms with Crippen molar-refractivity contribution in [2.75, 3.05) is 19.0 Å². The van der Waals surface area contributed by atoms with E-state index in [-0.39, 0.29) is 35.3 Å². The Morgan fingerprint density at radius 1 is 1.14 bits per heavy atom. The molecule has 0 aromatic rings. The number of hydrogen-bond donors (Lipinski definition) is 1. The average molecular weight is 234 g/mol. The molecule has 0 saturated carbocycles. The molecule has 0 fully saturated rings. The summed E-state index contributed by atoms with van der Waals surface area (Å²) in [5.41, 5.74) is 0. The number of hydrogen-bond acceptors (Lipinski definition) is 3. The Bertz CT molecular complexity index is 203. The van der Waals surface area contributed by atoms with Crippen LogP contribution in [0, 0.1) is 0 Å². The summed E-state index contributed by atoms with van der Waals surface area (Å²) < 4.78 is 34.2. The second kappa shape index (κ2) is 10.4. The Kier molecular flexibility index (Phi) is 12.8. The van der Waals surface area contributed by atoms with Gasteiger partial charge < -0.3 is 4.74 Å². The Hall–Kier alpha value is 0.870. The Balaban J connectivity index is 0. The van der Waals surface area contributed by atoms with Crippen molar-refractivity contribution >= 4 is 39.7 Å². The van der Waals surface area contributed by atoms with Crippen LogP contribution in [-0.4, -0.2) is 61.5 Å². The molecule has 0 aliphatic carbocycles. The monoisotopic (exact) mass is 234 g/mol. The minimum absolute atomic E-state index is 0. The van der Waals surface area contributed by atoms with Gasteiger partial charge in [0, 0.05) is 13.2 Å². The fourth-order valence-corrected chi connectivity index (χ4v) is 1.41. The predicted octanol–water partition coefficient (Wildman–Crippen LogP) is 0.823. The first-order valence-corrected chi connectivity index (χ1v) is 6.20. The van der Waals surface area contributed by atoms with Gasteiger partial charge in [-0.15, -0.1) is 0 Å². The number of unbranched alkanes of at least 4 members (excludes halogenated alkanes) is 2. The van der Waals surface area contributed by atoms with Crippen LogP contribution in [0.1, 0.15) is 32.6 Å². The van der Waals surface area contributed by atoms with Gasteiger partial charge in [-0.25, -0.2) is 0 Å². The van der Waals surface area contributed by atoms with E-state index in [9.17, 15) is 8.42 Å². The summed E-state index contributed by atoms with van der Waals surface area (Å²) >= 11 is 0. The van der Waals surface area contributed by atoms with E-state index >= 15 is 0 Å². The topological polar surface area (TPSA) is 63.6 Å². The molecule has 0 spiro atoms. The first-order chi connectivity index (χ1) is 6.06. The van der Waals surface area contributed by atoms with Crippen LogP contribution in [0.4, 0.5) is 0 Å². The molecule has 0 atom stereocenters. The third-order valence-corrected chi connectivity index (χ3v) is 2.39. The van der Waals surface area contributed by atoms with Crippen molar-refractivity contribution in [1.82, 2.24) is 0 Å². The van der Waals surface area contributed by atoms with Crippen molar-refractivity contribution in [2.45, 2.75) is 32.6 Å². The van der Waals surface area contributed by atoms with Crippen LogP contribution in [0.25, 0.3) is 0 Å². The first-order valence-electron chi connectivity index (χ1n) is 4.59. The van der Waals surface area contributed by atoms with Crippen LogP contribution in [0.2, 0.25) is 0 Å². The molecule has 1 N–H and O–H groups in total. The molecule has 4 nitrogen and oxygen atoms in total. The van der Waals surface area contributed by atoms with Gasteiger partial charge in [0.05, 0.1) is 5.75 Å². The quantitative estimate of drug-likeness (QED) is 0.384. The fourth-order valence-electron chi connectivity index (χ4n) is 0.837. The molecule has 0 rings (SSSR count). The van der Waals surface area contributed by atoms with Crippen LogP contribution in [0.5, 0.6) is 0 Å². The summed E-state index contributed by atoms with van der Waals surface area (Å²) in [6, 6.07) is 0. The molecule has 0 aromatic heterocycles. The Morgan fingerprint density at radius 2 is 1.71 bits per heavy atom. The van der Waals surface area contributed by atoms with Crippen molar-refractivity contribution < 1.29 is 17.7 Å². The maximum absolute atomic E-state index is 10.3. The maximum atomic E-state index is 10.3. The summed E-state index contributed by atoms with van der Waals surface area (Å²) in [5, 5.41) is 0. The Labute approximate surface area is 108 Å². The molecule has 0 aromatic carbocycles. The summed E-state index contributed by atoms with van der Waals surface area (Å²) in [6.07, 6.45) is 3.29. The van der Waals surface area contributed by atoms with E-state index in [1.807, 2.05) is 0 Å². The summed E-state index contributed by atoms with van der Waals surface area (Å²) in [5.74, 6) is -0.163. The second-order valence-electron chi connectivity index (χ2n) is 2.96. The number of rotatable bonds is 8. The molecule has 0 heterocycles. The van der Waals surface area contributed by atoms with Crippen LogP contribution >= 0.6 is 0 Å². The zero-order chi connectivity index (χ0) is 10.2. The van der Waals surface area contributed by atoms with E-state index in [0.717, 1.165) is 19.4 Å². The molecular formula is C8H19NaO4S. The molecule has 0 aliphatic rings. The van der Waals surface area contributed by atoms with Gasteiger partial charge in [0.2, 0.25) is 0 Å². The SMILES string of the molecule is CCCCOCCCCS(=O)(=O)O.[NaH]. The van der Waals surface area contributed by atoms with Gasteiger partial charge in [-0.2, -0.15) is 8.42 Å². The standard InChI is InChI=1S/C8H18O4S.Na.H/c1-2-3-6-12-7-4-5-8-13(9,10)11;;/h2-8H2,1H3,(H,9,10,11);;. The zero-order valence-electron chi connectivity index (χ0n) is 8.03. The summed E-state index contributed by atoms with van der Waals surface area (Å²) in [6.45, 7) is 3.40. The molecule has 0 bridgehead atoms. The second-order valence-corrected chi connectivity index (χ2v) is 4.53. The van der Waals surface area contributed by atoms with Gasteiger partial charge in [0.15, 0.2) is 0 Å². The van der Waals surface area contributed by atoms with Crippen LogP contribution in [0.15, 0.2) is 0 Å².